The van der Waals surface area contributed by atoms with Crippen molar-refractivity contribution in [2.75, 3.05) is 19.8 Å². The first-order valence-electron chi connectivity index (χ1n) is 7.95. The summed E-state index contributed by atoms with van der Waals surface area (Å²) in [6.45, 7) is 3.82. The van der Waals surface area contributed by atoms with E-state index in [1.54, 1.807) is 12.4 Å². The number of aromatic nitrogens is 2. The van der Waals surface area contributed by atoms with Gasteiger partial charge in [0.25, 0.3) is 5.91 Å². The summed E-state index contributed by atoms with van der Waals surface area (Å²) in [6.07, 6.45) is 4.89. The summed E-state index contributed by atoms with van der Waals surface area (Å²) in [5.41, 5.74) is 2.43. The number of carbonyl (C=O) groups excluding carboxylic acids is 1. The van der Waals surface area contributed by atoms with Gasteiger partial charge in [0, 0.05) is 19.3 Å². The Bertz CT molecular complexity index is 637. The second-order valence-electron chi connectivity index (χ2n) is 5.79. The lowest BCUT2D eigenvalue weighted by Crippen LogP contribution is -2.42. The maximum absolute atomic E-state index is 12.8. The molecule has 0 radical (unpaired) electrons. The van der Waals surface area contributed by atoms with Crippen LogP contribution in [-0.4, -0.2) is 46.6 Å². The van der Waals surface area contributed by atoms with Crippen molar-refractivity contribution < 1.29 is 9.53 Å². The quantitative estimate of drug-likeness (QED) is 0.850. The summed E-state index contributed by atoms with van der Waals surface area (Å²) in [7, 11) is 0. The Morgan fingerprint density at radius 3 is 2.74 bits per heavy atom. The van der Waals surface area contributed by atoms with Crippen LogP contribution in [0.15, 0.2) is 42.7 Å². The van der Waals surface area contributed by atoms with Gasteiger partial charge in [0.2, 0.25) is 0 Å². The molecule has 1 aliphatic heterocycles. The third kappa shape index (κ3) is 3.93. The topological polar surface area (TPSA) is 55.3 Å². The molecule has 0 N–H and O–H groups in total. The molecule has 5 nitrogen and oxygen atoms in total. The van der Waals surface area contributed by atoms with E-state index in [-0.39, 0.29) is 11.9 Å². The highest BCUT2D eigenvalue weighted by Gasteiger charge is 2.28. The summed E-state index contributed by atoms with van der Waals surface area (Å²) in [6, 6.07) is 10.3. The van der Waals surface area contributed by atoms with E-state index in [0.717, 1.165) is 18.5 Å². The van der Waals surface area contributed by atoms with E-state index in [2.05, 4.69) is 22.1 Å². The zero-order chi connectivity index (χ0) is 16.1. The van der Waals surface area contributed by atoms with Crippen molar-refractivity contribution in [2.45, 2.75) is 25.8 Å². The lowest BCUT2D eigenvalue weighted by molar-refractivity contribution is 0.0650. The van der Waals surface area contributed by atoms with Crippen LogP contribution in [0.1, 0.15) is 28.2 Å². The molecule has 0 spiro atoms. The molecule has 120 valence electrons. The third-order valence-electron chi connectivity index (χ3n) is 4.09. The maximum atomic E-state index is 12.8. The summed E-state index contributed by atoms with van der Waals surface area (Å²) in [5, 5.41) is 0. The summed E-state index contributed by atoms with van der Waals surface area (Å²) in [4.78, 5) is 23.1. The predicted octanol–water partition coefficient (Wildman–Crippen LogP) is 2.26. The Labute approximate surface area is 136 Å². The van der Waals surface area contributed by atoms with E-state index in [4.69, 9.17) is 4.74 Å². The number of ether oxygens (including phenoxy) is 1. The summed E-state index contributed by atoms with van der Waals surface area (Å²) >= 11 is 0. The Morgan fingerprint density at radius 2 is 2.09 bits per heavy atom. The molecule has 23 heavy (non-hydrogen) atoms. The largest absolute Gasteiger partial charge is 0.379 e. The summed E-state index contributed by atoms with van der Waals surface area (Å²) in [5.74, 6) is -0.0658. The molecule has 0 bridgehead atoms. The normalized spacial score (nSPS) is 17.2. The maximum Gasteiger partial charge on any atom is 0.274 e. The zero-order valence-corrected chi connectivity index (χ0v) is 13.3. The van der Waals surface area contributed by atoms with Crippen molar-refractivity contribution in [3.8, 4) is 0 Å². The second kappa shape index (κ2) is 7.33. The standard InChI is InChI=1S/C18H21N3O2/c1-14-11-20-17(12-19-14)18(22)21(16-8-10-23-13-16)9-7-15-5-3-2-4-6-15/h2-6,11-12,16H,7-10,13H2,1H3/t16-/m1/s1. The van der Waals surface area contributed by atoms with Crippen LogP contribution in [-0.2, 0) is 11.2 Å². The van der Waals surface area contributed by atoms with Crippen LogP contribution in [0.25, 0.3) is 0 Å². The molecule has 1 fully saturated rings. The lowest BCUT2D eigenvalue weighted by atomic mass is 10.1. The van der Waals surface area contributed by atoms with E-state index < -0.39 is 0 Å². The Hall–Kier alpha value is -2.27. The van der Waals surface area contributed by atoms with Gasteiger partial charge in [0.1, 0.15) is 5.69 Å². The van der Waals surface area contributed by atoms with Crippen molar-refractivity contribution in [3.05, 3.63) is 59.7 Å². The molecule has 1 amide bonds. The Balaban J connectivity index is 1.74. The van der Waals surface area contributed by atoms with Crippen molar-refractivity contribution in [2.24, 2.45) is 0 Å². The molecule has 1 saturated heterocycles. The lowest BCUT2D eigenvalue weighted by Gasteiger charge is -2.27. The molecule has 3 rings (SSSR count). The van der Waals surface area contributed by atoms with Gasteiger partial charge in [-0.3, -0.25) is 9.78 Å². The Kier molecular flexibility index (Phi) is 4.98. The monoisotopic (exact) mass is 311 g/mol. The van der Waals surface area contributed by atoms with Crippen molar-refractivity contribution >= 4 is 5.91 Å². The number of hydrogen-bond acceptors (Lipinski definition) is 4. The van der Waals surface area contributed by atoms with Gasteiger partial charge in [0.05, 0.1) is 24.5 Å². The average Bonchev–Trinajstić information content (AvgIpc) is 3.11. The highest BCUT2D eigenvalue weighted by Crippen LogP contribution is 2.16. The fourth-order valence-electron chi connectivity index (χ4n) is 2.76. The van der Waals surface area contributed by atoms with Crippen molar-refractivity contribution in [3.63, 3.8) is 0 Å². The van der Waals surface area contributed by atoms with Gasteiger partial charge in [0.15, 0.2) is 0 Å². The highest BCUT2D eigenvalue weighted by molar-refractivity contribution is 5.92. The molecule has 2 aromatic rings. The fourth-order valence-corrected chi connectivity index (χ4v) is 2.76. The van der Waals surface area contributed by atoms with Gasteiger partial charge in [-0.1, -0.05) is 30.3 Å². The number of rotatable bonds is 5. The van der Waals surface area contributed by atoms with Crippen LogP contribution in [0.5, 0.6) is 0 Å². The van der Waals surface area contributed by atoms with E-state index in [1.165, 1.54) is 5.56 Å². The third-order valence-corrected chi connectivity index (χ3v) is 4.09. The SMILES string of the molecule is Cc1cnc(C(=O)N(CCc2ccccc2)[C@@H]2CCOC2)cn1. The van der Waals surface area contributed by atoms with Gasteiger partial charge < -0.3 is 9.64 Å². The van der Waals surface area contributed by atoms with E-state index in [0.29, 0.717) is 25.5 Å². The molecule has 0 aliphatic carbocycles. The molecular weight excluding hydrogens is 290 g/mol. The smallest absolute Gasteiger partial charge is 0.274 e. The first-order valence-corrected chi connectivity index (χ1v) is 7.95. The minimum atomic E-state index is -0.0658. The molecule has 2 heterocycles. The molecule has 1 aromatic carbocycles. The summed E-state index contributed by atoms with van der Waals surface area (Å²) < 4.78 is 5.47. The number of aryl methyl sites for hydroxylation is 1. The van der Waals surface area contributed by atoms with Crippen LogP contribution < -0.4 is 0 Å². The van der Waals surface area contributed by atoms with Crippen LogP contribution in [0.2, 0.25) is 0 Å². The molecule has 0 saturated carbocycles. The number of carbonyl (C=O) groups is 1. The van der Waals surface area contributed by atoms with E-state index in [9.17, 15) is 4.79 Å². The van der Waals surface area contributed by atoms with E-state index >= 15 is 0 Å². The fraction of sp³-hybridized carbons (Fsp3) is 0.389. The Morgan fingerprint density at radius 1 is 1.26 bits per heavy atom. The van der Waals surface area contributed by atoms with Crippen LogP contribution in [0.4, 0.5) is 0 Å². The van der Waals surface area contributed by atoms with Crippen molar-refractivity contribution in [1.29, 1.82) is 0 Å². The minimum Gasteiger partial charge on any atom is -0.379 e. The van der Waals surface area contributed by atoms with Gasteiger partial charge in [-0.2, -0.15) is 0 Å². The molecule has 1 aromatic heterocycles. The molecule has 1 atom stereocenters. The van der Waals surface area contributed by atoms with Crippen LogP contribution >= 0.6 is 0 Å². The first-order chi connectivity index (χ1) is 11.2. The first kappa shape index (κ1) is 15.6. The van der Waals surface area contributed by atoms with Gasteiger partial charge >= 0.3 is 0 Å². The number of amides is 1. The number of nitrogens with zero attached hydrogens (tertiary/aromatic N) is 3. The molecule has 1 aliphatic rings. The molecule has 5 heteroatoms. The predicted molar refractivity (Wildman–Crippen MR) is 87.2 cm³/mol. The average molecular weight is 311 g/mol. The van der Waals surface area contributed by atoms with Crippen molar-refractivity contribution in [1.82, 2.24) is 14.9 Å². The van der Waals surface area contributed by atoms with Crippen LogP contribution in [0.3, 0.4) is 0 Å². The van der Waals surface area contributed by atoms with Crippen LogP contribution in [0, 0.1) is 6.92 Å². The van der Waals surface area contributed by atoms with Gasteiger partial charge in [-0.05, 0) is 25.3 Å². The molecular formula is C18H21N3O2. The number of benzene rings is 1. The minimum absolute atomic E-state index is 0.0658. The molecule has 0 unspecified atom stereocenters. The number of hydrogen-bond donors (Lipinski definition) is 0. The highest BCUT2D eigenvalue weighted by atomic mass is 16.5. The second-order valence-corrected chi connectivity index (χ2v) is 5.79. The zero-order valence-electron chi connectivity index (χ0n) is 13.3. The van der Waals surface area contributed by atoms with Gasteiger partial charge in [-0.25, -0.2) is 4.98 Å². The van der Waals surface area contributed by atoms with Gasteiger partial charge in [-0.15, -0.1) is 0 Å². The van der Waals surface area contributed by atoms with E-state index in [1.807, 2.05) is 30.0 Å².